The number of aliphatic hydroxyl groups is 1. The fraction of sp³-hybridized carbons (Fsp3) is 0.692. The molecule has 0 aliphatic carbocycles. The molecule has 9 nitrogen and oxygen atoms in total. The van der Waals surface area contributed by atoms with E-state index < -0.39 is 4.92 Å². The van der Waals surface area contributed by atoms with Crippen LogP contribution in [-0.2, 0) is 0 Å². The number of rotatable bonds is 6. The molecule has 0 aromatic carbocycles. The van der Waals surface area contributed by atoms with Gasteiger partial charge in [0.05, 0.1) is 17.6 Å². The molecule has 1 aliphatic heterocycles. The third-order valence-corrected chi connectivity index (χ3v) is 3.39. The van der Waals surface area contributed by atoms with Crippen molar-refractivity contribution in [2.24, 2.45) is 0 Å². The molecule has 1 saturated heterocycles. The van der Waals surface area contributed by atoms with Gasteiger partial charge in [0, 0.05) is 32.7 Å². The van der Waals surface area contributed by atoms with E-state index in [9.17, 15) is 10.1 Å². The molecule has 0 radical (unpaired) electrons. The molecule has 1 aromatic heterocycles. The van der Waals surface area contributed by atoms with Gasteiger partial charge in [0.25, 0.3) is 5.88 Å². The summed E-state index contributed by atoms with van der Waals surface area (Å²) in [5.74, 6) is 0.294. The standard InChI is InChI=1S/C13H21N5O4/c1-10(2)22-13-11(18(20)21)12(14-9-15-13)17-5-3-16(4-6-17)7-8-19/h9-10,19H,3-8H2,1-2H3. The van der Waals surface area contributed by atoms with E-state index in [1.807, 2.05) is 4.90 Å². The van der Waals surface area contributed by atoms with Crippen LogP contribution in [0.1, 0.15) is 13.8 Å². The quantitative estimate of drug-likeness (QED) is 0.590. The number of anilines is 1. The summed E-state index contributed by atoms with van der Waals surface area (Å²) < 4.78 is 5.43. The lowest BCUT2D eigenvalue weighted by molar-refractivity contribution is -0.385. The number of aliphatic hydroxyl groups excluding tert-OH is 1. The third kappa shape index (κ3) is 3.80. The highest BCUT2D eigenvalue weighted by Crippen LogP contribution is 2.34. The molecular formula is C13H21N5O4. The Bertz CT molecular complexity index is 517. The summed E-state index contributed by atoms with van der Waals surface area (Å²) in [5, 5.41) is 20.4. The van der Waals surface area contributed by atoms with Crippen LogP contribution in [0.3, 0.4) is 0 Å². The predicted octanol–water partition coefficient (Wildman–Crippen LogP) is 0.286. The SMILES string of the molecule is CC(C)Oc1ncnc(N2CCN(CCO)CC2)c1[N+](=O)[O-]. The number of hydrogen-bond acceptors (Lipinski definition) is 8. The van der Waals surface area contributed by atoms with Gasteiger partial charge < -0.3 is 14.7 Å². The maximum Gasteiger partial charge on any atom is 0.372 e. The second-order valence-corrected chi connectivity index (χ2v) is 5.33. The number of β-amino-alcohol motifs (C(OH)–C–C–N with tert-alkyl or cyclic N) is 1. The van der Waals surface area contributed by atoms with E-state index in [0.717, 1.165) is 13.1 Å². The van der Waals surface area contributed by atoms with Crippen molar-refractivity contribution in [3.8, 4) is 5.88 Å². The van der Waals surface area contributed by atoms with Gasteiger partial charge in [0.1, 0.15) is 6.33 Å². The Morgan fingerprint density at radius 1 is 1.36 bits per heavy atom. The number of piperazine rings is 1. The molecule has 0 amide bonds. The minimum atomic E-state index is -0.493. The second kappa shape index (κ2) is 7.32. The molecule has 1 aliphatic rings. The van der Waals surface area contributed by atoms with Crippen LogP contribution in [0.5, 0.6) is 5.88 Å². The Hall–Kier alpha value is -2.00. The monoisotopic (exact) mass is 311 g/mol. The molecule has 0 saturated carbocycles. The molecule has 1 fully saturated rings. The molecule has 0 bridgehead atoms. The first-order chi connectivity index (χ1) is 10.5. The minimum Gasteiger partial charge on any atom is -0.470 e. The first-order valence-electron chi connectivity index (χ1n) is 7.27. The number of hydrogen-bond donors (Lipinski definition) is 1. The smallest absolute Gasteiger partial charge is 0.372 e. The average molecular weight is 311 g/mol. The number of nitro groups is 1. The number of aromatic nitrogens is 2. The van der Waals surface area contributed by atoms with Crippen molar-refractivity contribution >= 4 is 11.5 Å². The van der Waals surface area contributed by atoms with Crippen molar-refractivity contribution in [2.45, 2.75) is 20.0 Å². The van der Waals surface area contributed by atoms with Gasteiger partial charge in [0.15, 0.2) is 0 Å². The number of nitrogens with zero attached hydrogens (tertiary/aromatic N) is 5. The maximum absolute atomic E-state index is 11.4. The summed E-state index contributed by atoms with van der Waals surface area (Å²) in [7, 11) is 0. The van der Waals surface area contributed by atoms with E-state index in [4.69, 9.17) is 9.84 Å². The highest BCUT2D eigenvalue weighted by atomic mass is 16.6. The summed E-state index contributed by atoms with van der Waals surface area (Å²) >= 11 is 0. The molecule has 1 N–H and O–H groups in total. The van der Waals surface area contributed by atoms with Crippen molar-refractivity contribution in [1.29, 1.82) is 0 Å². The highest BCUT2D eigenvalue weighted by molar-refractivity contribution is 5.63. The molecule has 22 heavy (non-hydrogen) atoms. The minimum absolute atomic E-state index is 0.00258. The fourth-order valence-corrected chi connectivity index (χ4v) is 2.38. The lowest BCUT2D eigenvalue weighted by Gasteiger charge is -2.34. The average Bonchev–Trinajstić information content (AvgIpc) is 2.47. The van der Waals surface area contributed by atoms with Gasteiger partial charge in [-0.2, -0.15) is 4.98 Å². The van der Waals surface area contributed by atoms with E-state index in [2.05, 4.69) is 14.9 Å². The van der Waals surface area contributed by atoms with Crippen LogP contribution in [0.2, 0.25) is 0 Å². The Morgan fingerprint density at radius 2 is 2.05 bits per heavy atom. The van der Waals surface area contributed by atoms with E-state index in [-0.39, 0.29) is 24.3 Å². The number of ether oxygens (including phenoxy) is 1. The Labute approximate surface area is 128 Å². The zero-order chi connectivity index (χ0) is 16.1. The molecule has 0 atom stereocenters. The van der Waals surface area contributed by atoms with Crippen molar-refractivity contribution in [3.05, 3.63) is 16.4 Å². The lowest BCUT2D eigenvalue weighted by atomic mass is 10.3. The summed E-state index contributed by atoms with van der Waals surface area (Å²) in [6.07, 6.45) is 1.09. The predicted molar refractivity (Wildman–Crippen MR) is 80.2 cm³/mol. The van der Waals surface area contributed by atoms with Gasteiger partial charge in [-0.15, -0.1) is 0 Å². The normalized spacial score (nSPS) is 16.1. The van der Waals surface area contributed by atoms with Gasteiger partial charge in [0.2, 0.25) is 5.82 Å². The van der Waals surface area contributed by atoms with Crippen molar-refractivity contribution in [3.63, 3.8) is 0 Å². The second-order valence-electron chi connectivity index (χ2n) is 5.33. The van der Waals surface area contributed by atoms with E-state index in [1.165, 1.54) is 6.33 Å². The van der Waals surface area contributed by atoms with Crippen molar-refractivity contribution in [2.75, 3.05) is 44.2 Å². The summed E-state index contributed by atoms with van der Waals surface area (Å²) in [6.45, 7) is 6.97. The van der Waals surface area contributed by atoms with Gasteiger partial charge in [-0.05, 0) is 13.8 Å². The maximum atomic E-state index is 11.4. The summed E-state index contributed by atoms with van der Waals surface area (Å²) in [4.78, 5) is 22.9. The molecule has 2 heterocycles. The van der Waals surface area contributed by atoms with E-state index in [1.54, 1.807) is 13.8 Å². The highest BCUT2D eigenvalue weighted by Gasteiger charge is 2.30. The Balaban J connectivity index is 2.22. The molecule has 0 unspecified atom stereocenters. The van der Waals surface area contributed by atoms with Crippen molar-refractivity contribution < 1.29 is 14.8 Å². The van der Waals surface area contributed by atoms with E-state index in [0.29, 0.717) is 25.5 Å². The van der Waals surface area contributed by atoms with Crippen LogP contribution >= 0.6 is 0 Å². The molecule has 122 valence electrons. The third-order valence-electron chi connectivity index (χ3n) is 3.39. The lowest BCUT2D eigenvalue weighted by Crippen LogP contribution is -2.47. The Kier molecular flexibility index (Phi) is 5.45. The van der Waals surface area contributed by atoms with Gasteiger partial charge in [-0.25, -0.2) is 4.98 Å². The first kappa shape index (κ1) is 16.4. The summed E-state index contributed by atoms with van der Waals surface area (Å²) in [5.41, 5.74) is -0.188. The molecule has 1 aromatic rings. The zero-order valence-electron chi connectivity index (χ0n) is 12.8. The van der Waals surface area contributed by atoms with Crippen LogP contribution in [-0.4, -0.2) is 70.3 Å². The van der Waals surface area contributed by atoms with Gasteiger partial charge in [-0.3, -0.25) is 15.0 Å². The fourth-order valence-electron chi connectivity index (χ4n) is 2.38. The van der Waals surface area contributed by atoms with E-state index >= 15 is 0 Å². The summed E-state index contributed by atoms with van der Waals surface area (Å²) in [6, 6.07) is 0. The topological polar surface area (TPSA) is 105 Å². The Morgan fingerprint density at radius 3 is 2.59 bits per heavy atom. The van der Waals surface area contributed by atoms with Crippen LogP contribution in [0.25, 0.3) is 0 Å². The van der Waals surface area contributed by atoms with Crippen LogP contribution in [0, 0.1) is 10.1 Å². The molecule has 9 heteroatoms. The first-order valence-corrected chi connectivity index (χ1v) is 7.27. The van der Waals surface area contributed by atoms with Gasteiger partial charge in [-0.1, -0.05) is 0 Å². The largest absolute Gasteiger partial charge is 0.470 e. The van der Waals surface area contributed by atoms with Crippen LogP contribution in [0.4, 0.5) is 11.5 Å². The van der Waals surface area contributed by atoms with Crippen LogP contribution in [0.15, 0.2) is 6.33 Å². The zero-order valence-corrected chi connectivity index (χ0v) is 12.8. The van der Waals surface area contributed by atoms with Gasteiger partial charge >= 0.3 is 5.69 Å². The molecule has 0 spiro atoms. The van der Waals surface area contributed by atoms with Crippen molar-refractivity contribution in [1.82, 2.24) is 14.9 Å². The van der Waals surface area contributed by atoms with Crippen LogP contribution < -0.4 is 9.64 Å². The molecule has 2 rings (SSSR count). The molecular weight excluding hydrogens is 290 g/mol.